The summed E-state index contributed by atoms with van der Waals surface area (Å²) in [5, 5.41) is 2.73. The van der Waals surface area contributed by atoms with Crippen LogP contribution in [-0.4, -0.2) is 36.8 Å². The molecule has 4 rings (SSSR count). The summed E-state index contributed by atoms with van der Waals surface area (Å²) in [6.07, 6.45) is 1.56. The first-order chi connectivity index (χ1) is 13.6. The number of nitrogens with one attached hydrogen (secondary N) is 1. The van der Waals surface area contributed by atoms with Crippen molar-refractivity contribution in [3.05, 3.63) is 79.0 Å². The number of hydrogen-bond acceptors (Lipinski definition) is 5. The van der Waals surface area contributed by atoms with Gasteiger partial charge in [-0.25, -0.2) is 13.4 Å². The summed E-state index contributed by atoms with van der Waals surface area (Å²) in [7, 11) is -3.84. The predicted molar refractivity (Wildman–Crippen MR) is 107 cm³/mol. The van der Waals surface area contributed by atoms with Crippen LogP contribution in [0.2, 0.25) is 0 Å². The molecule has 8 heteroatoms. The topological polar surface area (TPSA) is 82.6 Å². The molecule has 0 spiro atoms. The maximum Gasteiger partial charge on any atom is 0.248 e. The first-order valence-corrected chi connectivity index (χ1v) is 10.1. The van der Waals surface area contributed by atoms with Crippen LogP contribution in [-0.2, 0) is 14.8 Å². The molecule has 0 bridgehead atoms. The van der Waals surface area contributed by atoms with Crippen molar-refractivity contribution in [1.29, 1.82) is 0 Å². The van der Waals surface area contributed by atoms with Gasteiger partial charge < -0.3 is 10.2 Å². The molecule has 7 nitrogen and oxygen atoms in total. The van der Waals surface area contributed by atoms with Gasteiger partial charge in [-0.05, 0) is 36.4 Å². The zero-order valence-corrected chi connectivity index (χ0v) is 15.7. The quantitative estimate of drug-likeness (QED) is 0.736. The van der Waals surface area contributed by atoms with Gasteiger partial charge in [0.05, 0.1) is 13.2 Å². The van der Waals surface area contributed by atoms with Gasteiger partial charge in [0.2, 0.25) is 15.9 Å². The zero-order valence-electron chi connectivity index (χ0n) is 14.9. The lowest BCUT2D eigenvalue weighted by atomic mass is 10.3. The van der Waals surface area contributed by atoms with Gasteiger partial charge in [-0.2, -0.15) is 4.31 Å². The molecule has 0 fully saturated rings. The van der Waals surface area contributed by atoms with Gasteiger partial charge in [-0.1, -0.05) is 36.4 Å². The summed E-state index contributed by atoms with van der Waals surface area (Å²) in [6.45, 7) is -0.298. The summed E-state index contributed by atoms with van der Waals surface area (Å²) in [4.78, 5) is 18.6. The zero-order chi connectivity index (χ0) is 19.6. The highest BCUT2D eigenvalue weighted by atomic mass is 32.2. The largest absolute Gasteiger partial charge is 0.325 e. The minimum atomic E-state index is -3.84. The fourth-order valence-electron chi connectivity index (χ4n) is 3.06. The summed E-state index contributed by atoms with van der Waals surface area (Å²) in [6, 6.07) is 21.4. The number of aromatic nitrogens is 1. The van der Waals surface area contributed by atoms with Crippen LogP contribution in [0.15, 0.2) is 83.9 Å². The number of hydrogen-bond donors (Lipinski definition) is 1. The van der Waals surface area contributed by atoms with Crippen LogP contribution in [0.4, 0.5) is 17.2 Å². The number of benzene rings is 2. The number of carbonyl (C=O) groups excluding carboxylic acids is 1. The number of rotatable bonds is 4. The molecule has 0 atom stereocenters. The van der Waals surface area contributed by atoms with Crippen molar-refractivity contribution in [3.8, 4) is 0 Å². The Morgan fingerprint density at radius 3 is 2.36 bits per heavy atom. The molecule has 3 aromatic rings. The molecule has 0 radical (unpaired) electrons. The predicted octanol–water partition coefficient (Wildman–Crippen LogP) is 2.82. The van der Waals surface area contributed by atoms with E-state index in [0.717, 1.165) is 9.99 Å². The molecule has 2 aromatic carbocycles. The average molecular weight is 394 g/mol. The Morgan fingerprint density at radius 2 is 1.64 bits per heavy atom. The van der Waals surface area contributed by atoms with Crippen molar-refractivity contribution in [1.82, 2.24) is 9.29 Å². The molecule has 1 N–H and O–H groups in total. The number of para-hydroxylation sites is 2. The van der Waals surface area contributed by atoms with Crippen molar-refractivity contribution >= 4 is 33.1 Å². The van der Waals surface area contributed by atoms with Crippen LogP contribution < -0.4 is 10.2 Å². The molecule has 0 unspecified atom stereocenters. The molecule has 0 saturated carbocycles. The molecular weight excluding hydrogens is 376 g/mol. The third-order valence-corrected chi connectivity index (χ3v) is 6.17. The molecule has 1 amide bonds. The van der Waals surface area contributed by atoms with E-state index in [4.69, 9.17) is 0 Å². The Kier molecular flexibility index (Phi) is 4.81. The molecule has 2 heterocycles. The summed E-state index contributed by atoms with van der Waals surface area (Å²) in [5.41, 5.74) is 1.41. The van der Waals surface area contributed by atoms with E-state index in [0.29, 0.717) is 11.5 Å². The van der Waals surface area contributed by atoms with Crippen LogP contribution in [0.25, 0.3) is 0 Å². The number of sulfonamides is 1. The SMILES string of the molecule is O=C(CN1CN(c2ccccc2)c2ncccc2S1(=O)=O)Nc1ccccc1. The highest BCUT2D eigenvalue weighted by Crippen LogP contribution is 2.35. The minimum absolute atomic E-state index is 0.00142. The molecule has 1 aliphatic heterocycles. The van der Waals surface area contributed by atoms with Gasteiger partial charge >= 0.3 is 0 Å². The van der Waals surface area contributed by atoms with Crippen LogP contribution in [0.1, 0.15) is 0 Å². The molecule has 28 heavy (non-hydrogen) atoms. The average Bonchev–Trinajstić information content (AvgIpc) is 2.72. The molecule has 0 saturated heterocycles. The van der Waals surface area contributed by atoms with Gasteiger partial charge in [-0.15, -0.1) is 0 Å². The second kappa shape index (κ2) is 7.41. The maximum atomic E-state index is 13.0. The van der Waals surface area contributed by atoms with Crippen molar-refractivity contribution in [2.45, 2.75) is 4.90 Å². The Hall–Kier alpha value is -3.23. The van der Waals surface area contributed by atoms with E-state index >= 15 is 0 Å². The molecule has 0 aliphatic carbocycles. The van der Waals surface area contributed by atoms with Crippen molar-refractivity contribution in [2.24, 2.45) is 0 Å². The Bertz CT molecular complexity index is 1090. The van der Waals surface area contributed by atoms with Gasteiger partial charge in [0.1, 0.15) is 4.90 Å². The highest BCUT2D eigenvalue weighted by molar-refractivity contribution is 7.89. The normalized spacial score (nSPS) is 15.6. The lowest BCUT2D eigenvalue weighted by Gasteiger charge is -2.36. The highest BCUT2D eigenvalue weighted by Gasteiger charge is 2.37. The minimum Gasteiger partial charge on any atom is -0.325 e. The number of fused-ring (bicyclic) bond motifs is 1. The second-order valence-electron chi connectivity index (χ2n) is 6.26. The third kappa shape index (κ3) is 3.47. The number of nitrogens with zero attached hydrogens (tertiary/aromatic N) is 3. The van der Waals surface area contributed by atoms with Crippen molar-refractivity contribution < 1.29 is 13.2 Å². The van der Waals surface area contributed by atoms with Crippen molar-refractivity contribution in [3.63, 3.8) is 0 Å². The summed E-state index contributed by atoms with van der Waals surface area (Å²) >= 11 is 0. The van der Waals surface area contributed by atoms with E-state index in [-0.39, 0.29) is 18.1 Å². The number of amides is 1. The Labute approximate surface area is 163 Å². The lowest BCUT2D eigenvalue weighted by Crippen LogP contribution is -2.47. The lowest BCUT2D eigenvalue weighted by molar-refractivity contribution is -0.116. The fraction of sp³-hybridized carbons (Fsp3) is 0.100. The van der Waals surface area contributed by atoms with Gasteiger partial charge in [0.15, 0.2) is 5.82 Å². The Balaban J connectivity index is 1.65. The summed E-state index contributed by atoms with van der Waals surface area (Å²) in [5.74, 6) is -0.0523. The molecule has 1 aliphatic rings. The van der Waals surface area contributed by atoms with E-state index < -0.39 is 15.9 Å². The summed E-state index contributed by atoms with van der Waals surface area (Å²) < 4.78 is 27.3. The number of anilines is 3. The molecular formula is C20H18N4O3S. The van der Waals surface area contributed by atoms with Crippen molar-refractivity contribution in [2.75, 3.05) is 23.4 Å². The van der Waals surface area contributed by atoms with Gasteiger partial charge in [-0.3, -0.25) is 4.79 Å². The van der Waals surface area contributed by atoms with E-state index in [9.17, 15) is 13.2 Å². The van der Waals surface area contributed by atoms with Crippen LogP contribution in [0.3, 0.4) is 0 Å². The van der Waals surface area contributed by atoms with E-state index in [2.05, 4.69) is 10.3 Å². The smallest absolute Gasteiger partial charge is 0.248 e. The van der Waals surface area contributed by atoms with E-state index in [1.807, 2.05) is 36.4 Å². The van der Waals surface area contributed by atoms with Crippen LogP contribution in [0, 0.1) is 0 Å². The standard InChI is InChI=1S/C20H18N4O3S/c25-19(22-16-8-3-1-4-9-16)14-23-15-24(17-10-5-2-6-11-17)20-18(28(23,26)27)12-7-13-21-20/h1-13H,14-15H2,(H,22,25). The maximum absolute atomic E-state index is 13.0. The monoisotopic (exact) mass is 394 g/mol. The second-order valence-corrected chi connectivity index (χ2v) is 8.17. The fourth-order valence-corrected chi connectivity index (χ4v) is 4.53. The first kappa shape index (κ1) is 18.1. The number of carbonyl (C=O) groups is 1. The van der Waals surface area contributed by atoms with E-state index in [1.165, 1.54) is 6.07 Å². The Morgan fingerprint density at radius 1 is 0.964 bits per heavy atom. The first-order valence-electron chi connectivity index (χ1n) is 8.68. The van der Waals surface area contributed by atoms with E-state index in [1.54, 1.807) is 41.4 Å². The number of pyridine rings is 1. The van der Waals surface area contributed by atoms with Gasteiger partial charge in [0, 0.05) is 17.6 Å². The molecule has 142 valence electrons. The van der Waals surface area contributed by atoms with Gasteiger partial charge in [0.25, 0.3) is 0 Å². The molecule has 1 aromatic heterocycles. The van der Waals surface area contributed by atoms with Crippen LogP contribution in [0.5, 0.6) is 0 Å². The van der Waals surface area contributed by atoms with Crippen LogP contribution >= 0.6 is 0 Å². The third-order valence-electron chi connectivity index (χ3n) is 4.37.